The molecular formula is C10H11FN2O3. The molecule has 1 N–H and O–H groups in total. The highest BCUT2D eigenvalue weighted by Gasteiger charge is 2.21. The number of carbonyl (C=O) groups is 1. The van der Waals surface area contributed by atoms with Crippen LogP contribution in [0, 0.1) is 15.9 Å². The zero-order valence-electron chi connectivity index (χ0n) is 8.86. The number of carbonyl (C=O) groups excluding carboxylic acids is 1. The van der Waals surface area contributed by atoms with Crippen LogP contribution in [0.3, 0.4) is 0 Å². The second-order valence-electron chi connectivity index (χ2n) is 3.52. The molecule has 0 aromatic heterocycles. The first-order chi connectivity index (χ1) is 7.43. The maximum absolute atomic E-state index is 13.5. The number of nitrogens with one attached hydrogen (secondary N) is 1. The first-order valence-electron chi connectivity index (χ1n) is 4.67. The molecule has 0 atom stereocenters. The molecule has 0 aliphatic rings. The van der Waals surface area contributed by atoms with E-state index in [1.165, 1.54) is 12.1 Å². The number of amides is 1. The Labute approximate surface area is 91.4 Å². The van der Waals surface area contributed by atoms with Crippen molar-refractivity contribution in [3.05, 3.63) is 39.7 Å². The minimum absolute atomic E-state index is 0.161. The molecule has 0 saturated heterocycles. The van der Waals surface area contributed by atoms with Gasteiger partial charge in [-0.05, 0) is 19.9 Å². The van der Waals surface area contributed by atoms with E-state index in [1.54, 1.807) is 13.8 Å². The van der Waals surface area contributed by atoms with E-state index in [2.05, 4.69) is 5.32 Å². The highest BCUT2D eigenvalue weighted by Crippen LogP contribution is 2.19. The van der Waals surface area contributed by atoms with E-state index in [4.69, 9.17) is 0 Å². The van der Waals surface area contributed by atoms with E-state index in [-0.39, 0.29) is 11.6 Å². The van der Waals surface area contributed by atoms with Crippen molar-refractivity contribution in [1.29, 1.82) is 0 Å². The van der Waals surface area contributed by atoms with Crippen LogP contribution in [-0.2, 0) is 0 Å². The van der Waals surface area contributed by atoms with Gasteiger partial charge in [-0.25, -0.2) is 0 Å². The molecule has 0 heterocycles. The first kappa shape index (κ1) is 12.1. The van der Waals surface area contributed by atoms with Crippen molar-refractivity contribution >= 4 is 11.6 Å². The number of hydrogen-bond acceptors (Lipinski definition) is 3. The Morgan fingerprint density at radius 3 is 2.62 bits per heavy atom. The summed E-state index contributed by atoms with van der Waals surface area (Å²) in [4.78, 5) is 21.1. The third kappa shape index (κ3) is 2.53. The number of nitro benzene ring substituents is 1. The third-order valence-corrected chi connectivity index (χ3v) is 1.84. The summed E-state index contributed by atoms with van der Waals surface area (Å²) in [5.74, 6) is -1.76. The van der Waals surface area contributed by atoms with Gasteiger partial charge in [0.25, 0.3) is 5.91 Å². The number of rotatable bonds is 3. The topological polar surface area (TPSA) is 72.2 Å². The van der Waals surface area contributed by atoms with Crippen molar-refractivity contribution in [1.82, 2.24) is 5.32 Å². The number of nitro groups is 1. The molecule has 86 valence electrons. The summed E-state index contributed by atoms with van der Waals surface area (Å²) in [7, 11) is 0. The zero-order valence-corrected chi connectivity index (χ0v) is 8.86. The summed E-state index contributed by atoms with van der Waals surface area (Å²) in [5.41, 5.74) is -1.01. The summed E-state index contributed by atoms with van der Waals surface area (Å²) in [6.07, 6.45) is 0. The molecule has 1 aromatic carbocycles. The normalized spacial score (nSPS) is 10.2. The van der Waals surface area contributed by atoms with Crippen LogP contribution < -0.4 is 5.32 Å². The molecule has 0 saturated carbocycles. The van der Waals surface area contributed by atoms with Gasteiger partial charge in [0.2, 0.25) is 5.82 Å². The van der Waals surface area contributed by atoms with Gasteiger partial charge in [0.1, 0.15) is 0 Å². The van der Waals surface area contributed by atoms with Crippen molar-refractivity contribution in [3.63, 3.8) is 0 Å². The van der Waals surface area contributed by atoms with E-state index < -0.39 is 22.3 Å². The second kappa shape index (κ2) is 4.69. The van der Waals surface area contributed by atoms with Gasteiger partial charge in [-0.1, -0.05) is 6.07 Å². The second-order valence-corrected chi connectivity index (χ2v) is 3.52. The van der Waals surface area contributed by atoms with Gasteiger partial charge in [0.15, 0.2) is 0 Å². The lowest BCUT2D eigenvalue weighted by Gasteiger charge is -2.08. The molecule has 0 bridgehead atoms. The Morgan fingerprint density at radius 1 is 1.50 bits per heavy atom. The fraction of sp³-hybridized carbons (Fsp3) is 0.300. The maximum atomic E-state index is 13.5. The number of hydrogen-bond donors (Lipinski definition) is 1. The molecular weight excluding hydrogens is 215 g/mol. The SMILES string of the molecule is CC(C)NC(=O)c1cccc([N+](=O)[O-])c1F. The quantitative estimate of drug-likeness (QED) is 0.631. The van der Waals surface area contributed by atoms with Gasteiger partial charge >= 0.3 is 5.69 Å². The number of nitrogens with zero attached hydrogens (tertiary/aromatic N) is 1. The van der Waals surface area contributed by atoms with Crippen molar-refractivity contribution in [3.8, 4) is 0 Å². The van der Waals surface area contributed by atoms with E-state index >= 15 is 0 Å². The maximum Gasteiger partial charge on any atom is 0.305 e. The Hall–Kier alpha value is -1.98. The predicted octanol–water partition coefficient (Wildman–Crippen LogP) is 1.87. The highest BCUT2D eigenvalue weighted by molar-refractivity contribution is 5.95. The van der Waals surface area contributed by atoms with E-state index in [1.807, 2.05) is 0 Å². The molecule has 1 amide bonds. The fourth-order valence-electron chi connectivity index (χ4n) is 1.18. The summed E-state index contributed by atoms with van der Waals surface area (Å²) in [6.45, 7) is 3.43. The Morgan fingerprint density at radius 2 is 2.12 bits per heavy atom. The Balaban J connectivity index is 3.10. The molecule has 0 spiro atoms. The molecule has 0 aliphatic carbocycles. The van der Waals surface area contributed by atoms with Crippen molar-refractivity contribution < 1.29 is 14.1 Å². The van der Waals surface area contributed by atoms with E-state index in [0.717, 1.165) is 6.07 Å². The minimum atomic E-state index is -1.11. The van der Waals surface area contributed by atoms with Gasteiger partial charge in [-0.15, -0.1) is 0 Å². The smallest absolute Gasteiger partial charge is 0.305 e. The average Bonchev–Trinajstić information content (AvgIpc) is 2.16. The van der Waals surface area contributed by atoms with Crippen LogP contribution in [0.15, 0.2) is 18.2 Å². The molecule has 16 heavy (non-hydrogen) atoms. The van der Waals surface area contributed by atoms with Gasteiger partial charge in [-0.3, -0.25) is 14.9 Å². The van der Waals surface area contributed by atoms with Gasteiger partial charge in [0.05, 0.1) is 10.5 Å². The third-order valence-electron chi connectivity index (χ3n) is 1.84. The molecule has 1 aromatic rings. The molecule has 0 aliphatic heterocycles. The van der Waals surface area contributed by atoms with Gasteiger partial charge in [-0.2, -0.15) is 4.39 Å². The lowest BCUT2D eigenvalue weighted by molar-refractivity contribution is -0.387. The lowest BCUT2D eigenvalue weighted by atomic mass is 10.1. The number of benzene rings is 1. The lowest BCUT2D eigenvalue weighted by Crippen LogP contribution is -2.30. The van der Waals surface area contributed by atoms with Gasteiger partial charge < -0.3 is 5.32 Å². The predicted molar refractivity (Wildman–Crippen MR) is 55.7 cm³/mol. The van der Waals surface area contributed by atoms with Crippen LogP contribution in [0.4, 0.5) is 10.1 Å². The van der Waals surface area contributed by atoms with Crippen molar-refractivity contribution in [2.24, 2.45) is 0 Å². The van der Waals surface area contributed by atoms with Gasteiger partial charge in [0, 0.05) is 12.1 Å². The largest absolute Gasteiger partial charge is 0.350 e. The molecule has 6 heteroatoms. The number of halogens is 1. The van der Waals surface area contributed by atoms with Crippen LogP contribution in [0.2, 0.25) is 0 Å². The van der Waals surface area contributed by atoms with E-state index in [9.17, 15) is 19.3 Å². The van der Waals surface area contributed by atoms with Crippen LogP contribution in [0.25, 0.3) is 0 Å². The summed E-state index contributed by atoms with van der Waals surface area (Å²) in [6, 6.07) is 3.34. The van der Waals surface area contributed by atoms with Crippen LogP contribution >= 0.6 is 0 Å². The average molecular weight is 226 g/mol. The summed E-state index contributed by atoms with van der Waals surface area (Å²) < 4.78 is 13.5. The van der Waals surface area contributed by atoms with Crippen LogP contribution in [0.1, 0.15) is 24.2 Å². The monoisotopic (exact) mass is 226 g/mol. The summed E-state index contributed by atoms with van der Waals surface area (Å²) in [5, 5.41) is 12.9. The zero-order chi connectivity index (χ0) is 12.3. The minimum Gasteiger partial charge on any atom is -0.350 e. The molecule has 5 nitrogen and oxygen atoms in total. The van der Waals surface area contributed by atoms with Crippen LogP contribution in [-0.4, -0.2) is 16.9 Å². The summed E-state index contributed by atoms with van der Waals surface area (Å²) >= 11 is 0. The van der Waals surface area contributed by atoms with Crippen molar-refractivity contribution in [2.75, 3.05) is 0 Å². The van der Waals surface area contributed by atoms with Crippen molar-refractivity contribution in [2.45, 2.75) is 19.9 Å². The first-order valence-corrected chi connectivity index (χ1v) is 4.67. The molecule has 0 radical (unpaired) electrons. The fourth-order valence-corrected chi connectivity index (χ4v) is 1.18. The molecule has 0 fully saturated rings. The highest BCUT2D eigenvalue weighted by atomic mass is 19.1. The van der Waals surface area contributed by atoms with Crippen LogP contribution in [0.5, 0.6) is 0 Å². The Bertz CT molecular complexity index is 432. The standard InChI is InChI=1S/C10H11FN2O3/c1-6(2)12-10(14)7-4-3-5-8(9(7)11)13(15)16/h3-6H,1-2H3,(H,12,14). The Kier molecular flexibility index (Phi) is 3.55. The van der Waals surface area contributed by atoms with E-state index in [0.29, 0.717) is 0 Å². The molecule has 1 rings (SSSR count). The molecule has 0 unspecified atom stereocenters.